The summed E-state index contributed by atoms with van der Waals surface area (Å²) < 4.78 is 4.87. The molecule has 0 heterocycles. The van der Waals surface area contributed by atoms with E-state index in [9.17, 15) is 14.4 Å². The first-order chi connectivity index (χ1) is 17.1. The third kappa shape index (κ3) is 8.84. The molecule has 11 heteroatoms. The second kappa shape index (κ2) is 14.0. The van der Waals surface area contributed by atoms with E-state index >= 15 is 0 Å². The Labute approximate surface area is 211 Å². The molecule has 0 fully saturated rings. The van der Waals surface area contributed by atoms with E-state index in [1.165, 1.54) is 7.11 Å². The summed E-state index contributed by atoms with van der Waals surface area (Å²) in [6.45, 7) is 5.62. The van der Waals surface area contributed by atoms with E-state index in [-0.39, 0.29) is 6.42 Å². The van der Waals surface area contributed by atoms with Crippen molar-refractivity contribution in [1.82, 2.24) is 16.0 Å². The zero-order chi connectivity index (χ0) is 26.7. The maximum absolute atomic E-state index is 13.3. The van der Waals surface area contributed by atoms with Gasteiger partial charge < -0.3 is 26.8 Å². The zero-order valence-electron chi connectivity index (χ0n) is 21.0. The fourth-order valence-electron chi connectivity index (χ4n) is 3.66. The number of nitrogens with one attached hydrogen (secondary N) is 3. The quantitative estimate of drug-likeness (QED) is 0.179. The standard InChI is InChI=1S/C25H35N7O4/c1-5-18(28-24(26)27)21(23(34)36-4)30-22(33)20(14-17-9-7-6-8-10-17)29-25(35)32-31-19-12-11-15(2)13-16(19)3/h6-13,18,20-21,24,28H,5,14,26-27H2,1-4H3,(H,29,35)(H,30,33). The molecule has 0 aromatic heterocycles. The summed E-state index contributed by atoms with van der Waals surface area (Å²) in [5, 5.41) is 15.8. The molecule has 0 bridgehead atoms. The van der Waals surface area contributed by atoms with Crippen LogP contribution in [0.15, 0.2) is 58.8 Å². The molecule has 0 aliphatic heterocycles. The maximum Gasteiger partial charge on any atom is 0.360 e. The van der Waals surface area contributed by atoms with Gasteiger partial charge in [0.1, 0.15) is 18.4 Å². The minimum atomic E-state index is -1.09. The van der Waals surface area contributed by atoms with Crippen molar-refractivity contribution in [2.75, 3.05) is 7.11 Å². The number of azo groups is 1. The van der Waals surface area contributed by atoms with Gasteiger partial charge in [-0.25, -0.2) is 9.59 Å². The van der Waals surface area contributed by atoms with Crippen LogP contribution in [0.4, 0.5) is 10.5 Å². The van der Waals surface area contributed by atoms with E-state index in [1.807, 2.05) is 56.3 Å². The van der Waals surface area contributed by atoms with Gasteiger partial charge in [0.15, 0.2) is 0 Å². The third-order valence-electron chi connectivity index (χ3n) is 5.50. The zero-order valence-corrected chi connectivity index (χ0v) is 21.0. The molecule has 11 nitrogen and oxygen atoms in total. The molecule has 2 rings (SSSR count). The van der Waals surface area contributed by atoms with Crippen molar-refractivity contribution in [2.45, 2.75) is 58.0 Å². The van der Waals surface area contributed by atoms with Crippen molar-refractivity contribution in [3.05, 3.63) is 65.2 Å². The highest BCUT2D eigenvalue weighted by Crippen LogP contribution is 2.19. The van der Waals surface area contributed by atoms with E-state index in [0.29, 0.717) is 12.1 Å². The topological polar surface area (TPSA) is 173 Å². The molecule has 2 aromatic rings. The number of carbonyl (C=O) groups excluding carboxylic acids is 3. The van der Waals surface area contributed by atoms with Crippen LogP contribution in [0.5, 0.6) is 0 Å². The Balaban J connectivity index is 2.24. The fourth-order valence-corrected chi connectivity index (χ4v) is 3.66. The van der Waals surface area contributed by atoms with Gasteiger partial charge in [0.2, 0.25) is 5.91 Å². The molecule has 0 saturated heterocycles. The summed E-state index contributed by atoms with van der Waals surface area (Å²) in [5.41, 5.74) is 14.5. The van der Waals surface area contributed by atoms with Crippen LogP contribution in [0.1, 0.15) is 30.0 Å². The van der Waals surface area contributed by atoms with Gasteiger partial charge in [-0.1, -0.05) is 60.1 Å². The first-order valence-electron chi connectivity index (χ1n) is 11.6. The monoisotopic (exact) mass is 497 g/mol. The van der Waals surface area contributed by atoms with Gasteiger partial charge >= 0.3 is 12.0 Å². The Morgan fingerprint density at radius 2 is 1.72 bits per heavy atom. The van der Waals surface area contributed by atoms with Crippen molar-refractivity contribution in [1.29, 1.82) is 0 Å². The Kier molecular flexibility index (Phi) is 11.1. The van der Waals surface area contributed by atoms with Crippen molar-refractivity contribution in [3.8, 4) is 0 Å². The van der Waals surface area contributed by atoms with E-state index < -0.39 is 42.3 Å². The SMILES string of the molecule is CCC(NC(N)N)C(NC(=O)C(Cc1ccccc1)NC(=O)N=Nc1ccc(C)cc1C)C(=O)OC. The summed E-state index contributed by atoms with van der Waals surface area (Å²) in [5.74, 6) is -1.28. The average Bonchev–Trinajstić information content (AvgIpc) is 2.85. The molecular weight excluding hydrogens is 462 g/mol. The lowest BCUT2D eigenvalue weighted by Crippen LogP contribution is -2.62. The Morgan fingerprint density at radius 1 is 1.03 bits per heavy atom. The molecule has 2 aromatic carbocycles. The number of nitrogens with zero attached hydrogens (tertiary/aromatic N) is 2. The molecule has 0 saturated carbocycles. The van der Waals surface area contributed by atoms with Crippen LogP contribution in [0, 0.1) is 13.8 Å². The fraction of sp³-hybridized carbons (Fsp3) is 0.400. The number of hydrogen-bond donors (Lipinski definition) is 5. The summed E-state index contributed by atoms with van der Waals surface area (Å²) in [4.78, 5) is 38.4. The minimum absolute atomic E-state index is 0.159. The highest BCUT2D eigenvalue weighted by molar-refractivity contribution is 5.91. The first kappa shape index (κ1) is 28.6. The van der Waals surface area contributed by atoms with Crippen LogP contribution in [0.3, 0.4) is 0 Å². The van der Waals surface area contributed by atoms with Gasteiger partial charge in [0.05, 0.1) is 12.8 Å². The lowest BCUT2D eigenvalue weighted by atomic mass is 10.0. The van der Waals surface area contributed by atoms with Crippen molar-refractivity contribution < 1.29 is 19.1 Å². The number of esters is 1. The maximum atomic E-state index is 13.3. The molecule has 3 atom stereocenters. The number of urea groups is 1. The van der Waals surface area contributed by atoms with Gasteiger partial charge in [-0.05, 0) is 37.5 Å². The average molecular weight is 498 g/mol. The molecular formula is C25H35N7O4. The second-order valence-electron chi connectivity index (χ2n) is 8.40. The number of carbonyl (C=O) groups is 3. The molecule has 0 aliphatic rings. The minimum Gasteiger partial charge on any atom is -0.467 e. The molecule has 0 aliphatic carbocycles. The Morgan fingerprint density at radius 3 is 2.31 bits per heavy atom. The van der Waals surface area contributed by atoms with Crippen LogP contribution < -0.4 is 27.4 Å². The number of methoxy groups -OCH3 is 1. The van der Waals surface area contributed by atoms with Gasteiger partial charge in [0.25, 0.3) is 0 Å². The largest absolute Gasteiger partial charge is 0.467 e. The van der Waals surface area contributed by atoms with Gasteiger partial charge in [-0.15, -0.1) is 5.11 Å². The van der Waals surface area contributed by atoms with Crippen LogP contribution in [0.25, 0.3) is 0 Å². The number of nitrogens with two attached hydrogens (primary N) is 2. The molecule has 3 amide bonds. The van der Waals surface area contributed by atoms with Crippen LogP contribution in [-0.4, -0.2) is 49.4 Å². The predicted octanol–water partition coefficient (Wildman–Crippen LogP) is 1.94. The number of aryl methyl sites for hydroxylation is 2. The summed E-state index contributed by atoms with van der Waals surface area (Å²) in [6, 6.07) is 11.2. The normalized spacial score (nSPS) is 13.8. The predicted molar refractivity (Wildman–Crippen MR) is 136 cm³/mol. The molecule has 194 valence electrons. The Bertz CT molecular complexity index is 1060. The summed E-state index contributed by atoms with van der Waals surface area (Å²) >= 11 is 0. The number of hydrogen-bond acceptors (Lipinski definition) is 8. The van der Waals surface area contributed by atoms with E-state index in [4.69, 9.17) is 16.2 Å². The number of rotatable bonds is 11. The van der Waals surface area contributed by atoms with Crippen LogP contribution in [0.2, 0.25) is 0 Å². The molecule has 36 heavy (non-hydrogen) atoms. The van der Waals surface area contributed by atoms with E-state index in [0.717, 1.165) is 16.7 Å². The van der Waals surface area contributed by atoms with E-state index in [1.54, 1.807) is 13.0 Å². The molecule has 0 spiro atoms. The summed E-state index contributed by atoms with van der Waals surface area (Å²) in [6.07, 6.45) is -0.332. The smallest absolute Gasteiger partial charge is 0.360 e. The highest BCUT2D eigenvalue weighted by Gasteiger charge is 2.33. The van der Waals surface area contributed by atoms with Crippen molar-refractivity contribution in [2.24, 2.45) is 21.7 Å². The van der Waals surface area contributed by atoms with Crippen molar-refractivity contribution >= 4 is 23.6 Å². The number of benzene rings is 2. The highest BCUT2D eigenvalue weighted by atomic mass is 16.5. The van der Waals surface area contributed by atoms with Gasteiger partial charge in [0, 0.05) is 12.5 Å². The van der Waals surface area contributed by atoms with Gasteiger partial charge in [-0.2, -0.15) is 0 Å². The molecule has 0 radical (unpaired) electrons. The first-order valence-corrected chi connectivity index (χ1v) is 11.6. The number of amides is 3. The Hall–Kier alpha value is -3.67. The second-order valence-corrected chi connectivity index (χ2v) is 8.40. The number of ether oxygens (including phenoxy) is 1. The van der Waals surface area contributed by atoms with Crippen LogP contribution >= 0.6 is 0 Å². The third-order valence-corrected chi connectivity index (χ3v) is 5.50. The van der Waals surface area contributed by atoms with Crippen LogP contribution in [-0.2, 0) is 20.7 Å². The van der Waals surface area contributed by atoms with E-state index in [2.05, 4.69) is 26.2 Å². The molecule has 3 unspecified atom stereocenters. The lowest BCUT2D eigenvalue weighted by molar-refractivity contribution is -0.146. The van der Waals surface area contributed by atoms with Gasteiger partial charge in [-0.3, -0.25) is 10.1 Å². The summed E-state index contributed by atoms with van der Waals surface area (Å²) in [7, 11) is 1.22. The van der Waals surface area contributed by atoms with Crippen molar-refractivity contribution in [3.63, 3.8) is 0 Å². The lowest BCUT2D eigenvalue weighted by Gasteiger charge is -2.29. The molecule has 7 N–H and O–H groups in total.